The number of carbonyl (C=O) groups excluding carboxylic acids is 1. The highest BCUT2D eigenvalue weighted by Gasteiger charge is 2.11. The van der Waals surface area contributed by atoms with Crippen LogP contribution in [0.3, 0.4) is 0 Å². The second kappa shape index (κ2) is 5.97. The molecule has 1 amide bonds. The number of aromatic nitrogens is 2. The number of amides is 1. The lowest BCUT2D eigenvalue weighted by atomic mass is 10.2. The first kappa shape index (κ1) is 13.7. The third-order valence-electron chi connectivity index (χ3n) is 2.73. The maximum atomic E-state index is 13.5. The molecule has 0 fully saturated rings. The first-order valence-corrected chi connectivity index (χ1v) is 6.56. The van der Waals surface area contributed by atoms with Gasteiger partial charge in [-0.05, 0) is 18.2 Å². The predicted octanol–water partition coefficient (Wildman–Crippen LogP) is 2.29. The van der Waals surface area contributed by atoms with E-state index in [1.54, 1.807) is 12.3 Å². The number of aryl methyl sites for hydroxylation is 1. The lowest BCUT2D eigenvalue weighted by Crippen LogP contribution is -2.27. The zero-order valence-electron chi connectivity index (χ0n) is 10.4. The van der Waals surface area contributed by atoms with E-state index in [4.69, 9.17) is 0 Å². The third kappa shape index (κ3) is 3.41. The Morgan fingerprint density at radius 3 is 3.00 bits per heavy atom. The third-order valence-corrected chi connectivity index (χ3v) is 3.22. The molecule has 19 heavy (non-hydrogen) atoms. The number of hydrogen-bond acceptors (Lipinski definition) is 2. The molecule has 0 aliphatic rings. The number of benzene rings is 1. The second-order valence-corrected chi connectivity index (χ2v) is 5.00. The van der Waals surface area contributed by atoms with Gasteiger partial charge in [0.15, 0.2) is 0 Å². The van der Waals surface area contributed by atoms with Crippen molar-refractivity contribution in [2.24, 2.45) is 7.05 Å². The van der Waals surface area contributed by atoms with Crippen molar-refractivity contribution >= 4 is 21.8 Å². The van der Waals surface area contributed by atoms with Crippen molar-refractivity contribution in [3.63, 3.8) is 0 Å². The summed E-state index contributed by atoms with van der Waals surface area (Å²) in [5.74, 6) is -0.0827. The van der Waals surface area contributed by atoms with Gasteiger partial charge < -0.3 is 9.88 Å². The van der Waals surface area contributed by atoms with Crippen LogP contribution in [0, 0.1) is 5.82 Å². The van der Waals surface area contributed by atoms with Gasteiger partial charge in [-0.25, -0.2) is 9.37 Å². The summed E-state index contributed by atoms with van der Waals surface area (Å²) >= 11 is 3.21. The van der Waals surface area contributed by atoms with Crippen LogP contribution in [0.25, 0.3) is 0 Å². The monoisotopic (exact) mass is 325 g/mol. The molecule has 0 bridgehead atoms. The molecule has 0 atom stereocenters. The van der Waals surface area contributed by atoms with Crippen molar-refractivity contribution in [2.75, 3.05) is 6.54 Å². The lowest BCUT2D eigenvalue weighted by Gasteiger charge is -2.06. The fraction of sp³-hybridized carbons (Fsp3) is 0.231. The molecule has 0 radical (unpaired) electrons. The van der Waals surface area contributed by atoms with Gasteiger partial charge in [-0.3, -0.25) is 4.79 Å². The highest BCUT2D eigenvalue weighted by Crippen LogP contribution is 2.15. The Kier molecular flexibility index (Phi) is 4.31. The Labute approximate surface area is 118 Å². The van der Waals surface area contributed by atoms with E-state index in [2.05, 4.69) is 26.2 Å². The van der Waals surface area contributed by atoms with E-state index in [9.17, 15) is 9.18 Å². The van der Waals surface area contributed by atoms with Gasteiger partial charge in [0.25, 0.3) is 5.91 Å². The van der Waals surface area contributed by atoms with Crippen LogP contribution in [0.15, 0.2) is 35.1 Å². The van der Waals surface area contributed by atoms with Gasteiger partial charge in [-0.1, -0.05) is 15.9 Å². The zero-order valence-corrected chi connectivity index (χ0v) is 11.9. The maximum absolute atomic E-state index is 13.5. The van der Waals surface area contributed by atoms with Crippen LogP contribution < -0.4 is 5.32 Å². The van der Waals surface area contributed by atoms with Crippen LogP contribution in [0.2, 0.25) is 0 Å². The standard InChI is InChI=1S/C13H13BrFN3O/c1-18-7-6-16-12(18)4-5-17-13(19)10-8-9(14)2-3-11(10)15/h2-3,6-8H,4-5H2,1H3,(H,17,19). The average Bonchev–Trinajstić information content (AvgIpc) is 2.78. The first-order chi connectivity index (χ1) is 9.08. The number of carbonyl (C=O) groups is 1. The highest BCUT2D eigenvalue weighted by atomic mass is 79.9. The highest BCUT2D eigenvalue weighted by molar-refractivity contribution is 9.10. The van der Waals surface area contributed by atoms with Crippen LogP contribution in [-0.4, -0.2) is 22.0 Å². The molecule has 0 aliphatic heterocycles. The SMILES string of the molecule is Cn1ccnc1CCNC(=O)c1cc(Br)ccc1F. The molecule has 0 unspecified atom stereocenters. The summed E-state index contributed by atoms with van der Waals surface area (Å²) in [4.78, 5) is 16.0. The van der Waals surface area contributed by atoms with Gasteiger partial charge in [0, 0.05) is 36.9 Å². The largest absolute Gasteiger partial charge is 0.351 e. The molecule has 1 aromatic heterocycles. The van der Waals surface area contributed by atoms with E-state index in [-0.39, 0.29) is 5.56 Å². The zero-order chi connectivity index (χ0) is 13.8. The quantitative estimate of drug-likeness (QED) is 0.937. The normalized spacial score (nSPS) is 10.5. The van der Waals surface area contributed by atoms with E-state index in [0.717, 1.165) is 5.82 Å². The Morgan fingerprint density at radius 2 is 2.32 bits per heavy atom. The first-order valence-electron chi connectivity index (χ1n) is 5.77. The molecule has 0 aliphatic carbocycles. The van der Waals surface area contributed by atoms with E-state index in [1.807, 2.05) is 17.8 Å². The molecule has 0 saturated heterocycles. The molecule has 100 valence electrons. The lowest BCUT2D eigenvalue weighted by molar-refractivity contribution is 0.0950. The van der Waals surface area contributed by atoms with E-state index >= 15 is 0 Å². The molecule has 1 aromatic carbocycles. The van der Waals surface area contributed by atoms with Crippen LogP contribution in [0.4, 0.5) is 4.39 Å². The molecular weight excluding hydrogens is 313 g/mol. The fourth-order valence-corrected chi connectivity index (χ4v) is 2.05. The van der Waals surface area contributed by atoms with Gasteiger partial charge in [0.05, 0.1) is 5.56 Å². The number of halogens is 2. The summed E-state index contributed by atoms with van der Waals surface area (Å²) in [7, 11) is 1.89. The minimum absolute atomic E-state index is 0.0363. The Morgan fingerprint density at radius 1 is 1.53 bits per heavy atom. The molecule has 6 heteroatoms. The molecular formula is C13H13BrFN3O. The van der Waals surface area contributed by atoms with Gasteiger partial charge in [0.1, 0.15) is 11.6 Å². The molecule has 2 rings (SSSR count). The molecule has 1 N–H and O–H groups in total. The van der Waals surface area contributed by atoms with Crippen LogP contribution in [0.1, 0.15) is 16.2 Å². The van der Waals surface area contributed by atoms with Crippen LogP contribution in [0.5, 0.6) is 0 Å². The molecule has 2 aromatic rings. The second-order valence-electron chi connectivity index (χ2n) is 4.08. The van der Waals surface area contributed by atoms with Crippen LogP contribution >= 0.6 is 15.9 Å². The van der Waals surface area contributed by atoms with Gasteiger partial charge >= 0.3 is 0 Å². The van der Waals surface area contributed by atoms with Crippen molar-refractivity contribution in [1.82, 2.24) is 14.9 Å². The van der Waals surface area contributed by atoms with E-state index < -0.39 is 11.7 Å². The molecule has 4 nitrogen and oxygen atoms in total. The number of nitrogens with one attached hydrogen (secondary N) is 1. The summed E-state index contributed by atoms with van der Waals surface area (Å²) in [6.07, 6.45) is 4.14. The minimum Gasteiger partial charge on any atom is -0.351 e. The Hall–Kier alpha value is -1.69. The minimum atomic E-state index is -0.530. The Bertz CT molecular complexity index is 597. The van der Waals surface area contributed by atoms with Crippen molar-refractivity contribution in [1.29, 1.82) is 0 Å². The average molecular weight is 326 g/mol. The number of rotatable bonds is 4. The van der Waals surface area contributed by atoms with Crippen molar-refractivity contribution < 1.29 is 9.18 Å². The Balaban J connectivity index is 1.94. The smallest absolute Gasteiger partial charge is 0.254 e. The van der Waals surface area contributed by atoms with E-state index in [0.29, 0.717) is 17.4 Å². The number of nitrogens with zero attached hydrogens (tertiary/aromatic N) is 2. The molecule has 1 heterocycles. The number of hydrogen-bond donors (Lipinski definition) is 1. The van der Waals surface area contributed by atoms with Crippen LogP contribution in [-0.2, 0) is 13.5 Å². The molecule has 0 saturated carbocycles. The van der Waals surface area contributed by atoms with Gasteiger partial charge in [-0.15, -0.1) is 0 Å². The fourth-order valence-electron chi connectivity index (χ4n) is 1.69. The summed E-state index contributed by atoms with van der Waals surface area (Å²) in [5, 5.41) is 2.68. The summed E-state index contributed by atoms with van der Waals surface area (Å²) in [6, 6.07) is 4.28. The predicted molar refractivity (Wildman–Crippen MR) is 73.3 cm³/mol. The van der Waals surface area contributed by atoms with Crippen molar-refractivity contribution in [3.05, 3.63) is 52.3 Å². The van der Waals surface area contributed by atoms with Gasteiger partial charge in [-0.2, -0.15) is 0 Å². The number of imidazole rings is 1. The van der Waals surface area contributed by atoms with Crippen molar-refractivity contribution in [3.8, 4) is 0 Å². The summed E-state index contributed by atoms with van der Waals surface area (Å²) < 4.78 is 16.0. The van der Waals surface area contributed by atoms with Crippen molar-refractivity contribution in [2.45, 2.75) is 6.42 Å². The topological polar surface area (TPSA) is 46.9 Å². The maximum Gasteiger partial charge on any atom is 0.254 e. The summed E-state index contributed by atoms with van der Waals surface area (Å²) in [5.41, 5.74) is 0.0363. The molecule has 0 spiro atoms. The summed E-state index contributed by atoms with van der Waals surface area (Å²) in [6.45, 7) is 0.412. The van der Waals surface area contributed by atoms with E-state index in [1.165, 1.54) is 12.1 Å². The van der Waals surface area contributed by atoms with Gasteiger partial charge in [0.2, 0.25) is 0 Å².